The maximum absolute atomic E-state index is 12.4. The van der Waals surface area contributed by atoms with Gasteiger partial charge in [-0.3, -0.25) is 9.80 Å². The van der Waals surface area contributed by atoms with Gasteiger partial charge < -0.3 is 10.3 Å². The van der Waals surface area contributed by atoms with E-state index in [4.69, 9.17) is 0 Å². The first kappa shape index (κ1) is 15.4. The van der Waals surface area contributed by atoms with E-state index in [1.807, 2.05) is 54.4 Å². The summed E-state index contributed by atoms with van der Waals surface area (Å²) in [4.78, 5) is 15.7. The van der Waals surface area contributed by atoms with Crippen molar-refractivity contribution in [1.82, 2.24) is 10.3 Å². The molecule has 0 radical (unpaired) electrons. The van der Waals surface area contributed by atoms with Crippen LogP contribution in [0.25, 0.3) is 10.9 Å². The van der Waals surface area contributed by atoms with Gasteiger partial charge in [0.15, 0.2) is 0 Å². The third-order valence-corrected chi connectivity index (χ3v) is 4.43. The summed E-state index contributed by atoms with van der Waals surface area (Å²) in [6.07, 6.45) is 0.993. The standard InChI is InChI=1S/C20H20N4O/c1-14-10-11-24(23-14)18-8-6-15(7-9-18)20(25)21-13-17-12-16-4-2-3-5-19(16)22-17/h2-9,12,22H,10-11,13H2,1H3,(H,21,25). The highest BCUT2D eigenvalue weighted by Crippen LogP contribution is 2.20. The lowest BCUT2D eigenvalue weighted by Crippen LogP contribution is -2.23. The Morgan fingerprint density at radius 3 is 2.72 bits per heavy atom. The second kappa shape index (κ2) is 6.43. The highest BCUT2D eigenvalue weighted by Gasteiger charge is 2.13. The van der Waals surface area contributed by atoms with E-state index >= 15 is 0 Å². The number of nitrogens with zero attached hydrogens (tertiary/aromatic N) is 2. The quantitative estimate of drug-likeness (QED) is 0.765. The number of rotatable bonds is 4. The normalized spacial score (nSPS) is 14.0. The monoisotopic (exact) mass is 332 g/mol. The van der Waals surface area contributed by atoms with Gasteiger partial charge in [-0.25, -0.2) is 0 Å². The number of para-hydroxylation sites is 1. The number of aromatic amines is 1. The first-order valence-electron chi connectivity index (χ1n) is 8.45. The molecular weight excluding hydrogens is 312 g/mol. The van der Waals surface area contributed by atoms with Crippen LogP contribution in [0.5, 0.6) is 0 Å². The lowest BCUT2D eigenvalue weighted by atomic mass is 10.2. The number of hydrogen-bond donors (Lipinski definition) is 2. The van der Waals surface area contributed by atoms with E-state index in [1.54, 1.807) is 0 Å². The van der Waals surface area contributed by atoms with E-state index in [9.17, 15) is 4.79 Å². The highest BCUT2D eigenvalue weighted by atomic mass is 16.1. The van der Waals surface area contributed by atoms with Gasteiger partial charge in [-0.15, -0.1) is 0 Å². The number of anilines is 1. The Kier molecular flexibility index (Phi) is 3.98. The lowest BCUT2D eigenvalue weighted by molar-refractivity contribution is 0.0950. The van der Waals surface area contributed by atoms with Crippen molar-refractivity contribution in [2.24, 2.45) is 5.10 Å². The van der Waals surface area contributed by atoms with Crippen LogP contribution in [0.3, 0.4) is 0 Å². The van der Waals surface area contributed by atoms with Crippen LogP contribution in [0.1, 0.15) is 29.4 Å². The van der Waals surface area contributed by atoms with Crippen molar-refractivity contribution in [2.45, 2.75) is 19.9 Å². The van der Waals surface area contributed by atoms with E-state index in [1.165, 1.54) is 0 Å². The minimum atomic E-state index is -0.0775. The molecule has 0 unspecified atom stereocenters. The van der Waals surface area contributed by atoms with Crippen LogP contribution in [0.2, 0.25) is 0 Å². The molecule has 1 aliphatic heterocycles. The summed E-state index contributed by atoms with van der Waals surface area (Å²) in [5.41, 5.74) is 4.88. The fourth-order valence-electron chi connectivity index (χ4n) is 3.05. The van der Waals surface area contributed by atoms with Crippen LogP contribution >= 0.6 is 0 Å². The molecule has 0 aliphatic carbocycles. The summed E-state index contributed by atoms with van der Waals surface area (Å²) >= 11 is 0. The first-order chi connectivity index (χ1) is 12.2. The van der Waals surface area contributed by atoms with Gasteiger partial charge in [0.1, 0.15) is 0 Å². The molecule has 1 aliphatic rings. The van der Waals surface area contributed by atoms with Crippen LogP contribution in [-0.4, -0.2) is 23.1 Å². The van der Waals surface area contributed by atoms with Gasteiger partial charge in [0.05, 0.1) is 12.2 Å². The van der Waals surface area contributed by atoms with Gasteiger partial charge in [0.2, 0.25) is 0 Å². The van der Waals surface area contributed by atoms with E-state index in [2.05, 4.69) is 27.5 Å². The number of benzene rings is 2. The number of hydrogen-bond acceptors (Lipinski definition) is 3. The van der Waals surface area contributed by atoms with E-state index in [-0.39, 0.29) is 5.91 Å². The van der Waals surface area contributed by atoms with Crippen molar-refractivity contribution in [3.63, 3.8) is 0 Å². The average Bonchev–Trinajstić information content (AvgIpc) is 3.25. The molecule has 0 bridgehead atoms. The molecule has 126 valence electrons. The van der Waals surface area contributed by atoms with Gasteiger partial charge in [-0.05, 0) is 48.7 Å². The molecule has 2 heterocycles. The predicted molar refractivity (Wildman–Crippen MR) is 101 cm³/mol. The first-order valence-corrected chi connectivity index (χ1v) is 8.45. The maximum atomic E-state index is 12.4. The molecule has 0 fully saturated rings. The van der Waals surface area contributed by atoms with Gasteiger partial charge in [-0.2, -0.15) is 5.10 Å². The molecule has 4 rings (SSSR count). The number of H-pyrrole nitrogens is 1. The van der Waals surface area contributed by atoms with E-state index < -0.39 is 0 Å². The lowest BCUT2D eigenvalue weighted by Gasteiger charge is -2.13. The second-order valence-electron chi connectivity index (χ2n) is 6.32. The van der Waals surface area contributed by atoms with Crippen LogP contribution < -0.4 is 10.3 Å². The van der Waals surface area contributed by atoms with Crippen LogP contribution in [0, 0.1) is 0 Å². The SMILES string of the molecule is CC1=NN(c2ccc(C(=O)NCc3cc4ccccc4[nH]3)cc2)CC1. The van der Waals surface area contributed by atoms with E-state index in [0.717, 1.165) is 41.0 Å². The highest BCUT2D eigenvalue weighted by molar-refractivity contribution is 5.94. The number of aromatic nitrogens is 1. The van der Waals surface area contributed by atoms with Crippen molar-refractivity contribution in [1.29, 1.82) is 0 Å². The zero-order chi connectivity index (χ0) is 17.2. The average molecular weight is 332 g/mol. The molecule has 1 amide bonds. The number of carbonyl (C=O) groups excluding carboxylic acids is 1. The second-order valence-corrected chi connectivity index (χ2v) is 6.32. The summed E-state index contributed by atoms with van der Waals surface area (Å²) in [7, 11) is 0. The number of amides is 1. The van der Waals surface area contributed by atoms with Gasteiger partial charge >= 0.3 is 0 Å². The summed E-state index contributed by atoms with van der Waals surface area (Å²) in [6, 6.07) is 17.7. The zero-order valence-corrected chi connectivity index (χ0v) is 14.1. The van der Waals surface area contributed by atoms with Gasteiger partial charge in [-0.1, -0.05) is 18.2 Å². The largest absolute Gasteiger partial charge is 0.357 e. The smallest absolute Gasteiger partial charge is 0.251 e. The summed E-state index contributed by atoms with van der Waals surface area (Å²) in [6.45, 7) is 3.41. The Bertz CT molecular complexity index is 907. The van der Waals surface area contributed by atoms with Gasteiger partial charge in [0.25, 0.3) is 5.91 Å². The topological polar surface area (TPSA) is 60.5 Å². The molecule has 0 saturated heterocycles. The van der Waals surface area contributed by atoms with Crippen LogP contribution in [0.15, 0.2) is 59.7 Å². The Morgan fingerprint density at radius 1 is 1.20 bits per heavy atom. The Morgan fingerprint density at radius 2 is 2.00 bits per heavy atom. The number of fused-ring (bicyclic) bond motifs is 1. The molecule has 3 aromatic rings. The maximum Gasteiger partial charge on any atom is 0.251 e. The molecule has 5 nitrogen and oxygen atoms in total. The molecule has 0 atom stereocenters. The minimum absolute atomic E-state index is 0.0775. The molecule has 0 saturated carbocycles. The van der Waals surface area contributed by atoms with Gasteiger partial charge in [0, 0.05) is 35.5 Å². The molecule has 2 aromatic carbocycles. The van der Waals surface area contributed by atoms with Crippen molar-refractivity contribution in [3.05, 3.63) is 65.9 Å². The summed E-state index contributed by atoms with van der Waals surface area (Å²) in [5.74, 6) is -0.0775. The number of hydrazone groups is 1. The van der Waals surface area contributed by atoms with Crippen molar-refractivity contribution < 1.29 is 4.79 Å². The van der Waals surface area contributed by atoms with E-state index in [0.29, 0.717) is 12.1 Å². The summed E-state index contributed by atoms with van der Waals surface area (Å²) < 4.78 is 0. The summed E-state index contributed by atoms with van der Waals surface area (Å²) in [5, 5.41) is 10.6. The Hall–Kier alpha value is -3.08. The third kappa shape index (κ3) is 3.26. The molecule has 5 heteroatoms. The molecule has 1 aromatic heterocycles. The fourth-order valence-corrected chi connectivity index (χ4v) is 3.05. The van der Waals surface area contributed by atoms with Crippen LogP contribution in [0.4, 0.5) is 5.69 Å². The number of carbonyl (C=O) groups is 1. The third-order valence-electron chi connectivity index (χ3n) is 4.43. The van der Waals surface area contributed by atoms with Crippen molar-refractivity contribution in [3.8, 4) is 0 Å². The molecule has 2 N–H and O–H groups in total. The Balaban J connectivity index is 1.40. The van der Waals surface area contributed by atoms with Crippen molar-refractivity contribution in [2.75, 3.05) is 11.6 Å². The van der Waals surface area contributed by atoms with Crippen molar-refractivity contribution >= 4 is 28.2 Å². The zero-order valence-electron chi connectivity index (χ0n) is 14.1. The molecule has 25 heavy (non-hydrogen) atoms. The predicted octanol–water partition coefficient (Wildman–Crippen LogP) is 3.68. The minimum Gasteiger partial charge on any atom is -0.357 e. The number of nitrogens with one attached hydrogen (secondary N) is 2. The Labute approximate surface area is 146 Å². The van der Waals surface area contributed by atoms with Crippen LogP contribution in [-0.2, 0) is 6.54 Å². The molecule has 0 spiro atoms. The fraction of sp³-hybridized carbons (Fsp3) is 0.200. The molecular formula is C20H20N4O.